The number of halogens is 1. The number of fused-ring (bicyclic) bond motifs is 4. The summed E-state index contributed by atoms with van der Waals surface area (Å²) in [6.07, 6.45) is 4.07. The van der Waals surface area contributed by atoms with Crippen LogP contribution in [0.4, 0.5) is 5.82 Å². The Labute approximate surface area is 203 Å². The predicted octanol–water partition coefficient (Wildman–Crippen LogP) is 2.08. The number of hydrogen-bond acceptors (Lipinski definition) is 6. The molecule has 4 N–H and O–H groups in total. The average molecular weight is 493 g/mol. The quantitative estimate of drug-likeness (QED) is 0.363. The molecule has 3 aromatic heterocycles. The van der Waals surface area contributed by atoms with Crippen molar-refractivity contribution in [2.75, 3.05) is 5.32 Å². The van der Waals surface area contributed by atoms with Gasteiger partial charge in [0.25, 0.3) is 5.91 Å². The number of H-pyrrole nitrogens is 1. The SMILES string of the molecule is NC(=O)c1nn(CC(=O)N2[C@@H]3CC[C@@H](C3)[C@H]2C(=O)Nc2nc(Cl)cc3cn[nH]c23)c2ccccc12. The lowest BCUT2D eigenvalue weighted by molar-refractivity contribution is -0.141. The molecule has 3 amide bonds. The Morgan fingerprint density at radius 1 is 1.23 bits per heavy atom. The number of carbonyl (C=O) groups is 3. The lowest BCUT2D eigenvalue weighted by Gasteiger charge is -2.34. The highest BCUT2D eigenvalue weighted by molar-refractivity contribution is 6.30. The molecule has 1 saturated carbocycles. The van der Waals surface area contributed by atoms with E-state index in [0.717, 1.165) is 24.6 Å². The van der Waals surface area contributed by atoms with E-state index < -0.39 is 11.9 Å². The highest BCUT2D eigenvalue weighted by atomic mass is 35.5. The molecule has 2 aliphatic rings. The van der Waals surface area contributed by atoms with E-state index in [1.807, 2.05) is 0 Å². The molecular formula is C23H21ClN8O3. The van der Waals surface area contributed by atoms with E-state index in [1.165, 1.54) is 4.68 Å². The number of para-hydroxylation sites is 1. The van der Waals surface area contributed by atoms with Crippen molar-refractivity contribution in [1.29, 1.82) is 0 Å². The first-order chi connectivity index (χ1) is 16.9. The van der Waals surface area contributed by atoms with Crippen LogP contribution < -0.4 is 11.1 Å². The Hall–Kier alpha value is -3.99. The summed E-state index contributed by atoms with van der Waals surface area (Å²) in [7, 11) is 0. The number of aromatic amines is 1. The third-order valence-electron chi connectivity index (χ3n) is 6.96. The normalized spacial score (nSPS) is 21.2. The number of nitrogens with zero attached hydrogens (tertiary/aromatic N) is 5. The van der Waals surface area contributed by atoms with E-state index >= 15 is 0 Å². The minimum absolute atomic E-state index is 0.0276. The molecule has 0 spiro atoms. The Morgan fingerprint density at radius 3 is 2.89 bits per heavy atom. The van der Waals surface area contributed by atoms with Crippen LogP contribution in [0.3, 0.4) is 0 Å². The molecule has 2 fully saturated rings. The first-order valence-corrected chi connectivity index (χ1v) is 11.7. The van der Waals surface area contributed by atoms with Gasteiger partial charge in [-0.05, 0) is 37.3 Å². The van der Waals surface area contributed by atoms with Crippen molar-refractivity contribution in [2.24, 2.45) is 11.7 Å². The standard InChI is InChI=1S/C23H21ClN8O3/c24-16-8-12-9-26-29-18(12)22(27-16)28-23(35)20-11-5-6-13(7-11)32(20)17(33)10-31-15-4-2-1-3-14(15)19(30-31)21(25)34/h1-4,8-9,11,13,20H,5-7,10H2,(H2,25,34)(H,26,29)(H,27,28,35)/t11-,13+,20-/m0/s1. The number of piperidine rings is 1. The zero-order valence-electron chi connectivity index (χ0n) is 18.4. The number of rotatable bonds is 5. The number of likely N-dealkylation sites (tertiary alicyclic amines) is 1. The van der Waals surface area contributed by atoms with E-state index in [1.54, 1.807) is 41.4 Å². The fourth-order valence-electron chi connectivity index (χ4n) is 5.52. The minimum atomic E-state index is -0.663. The maximum Gasteiger partial charge on any atom is 0.269 e. The Bertz CT molecular complexity index is 1510. The first kappa shape index (κ1) is 21.5. The number of aromatic nitrogens is 5. The lowest BCUT2D eigenvalue weighted by atomic mass is 9.97. The predicted molar refractivity (Wildman–Crippen MR) is 128 cm³/mol. The van der Waals surface area contributed by atoms with Crippen LogP contribution in [0.1, 0.15) is 29.8 Å². The monoisotopic (exact) mass is 492 g/mol. The second-order valence-corrected chi connectivity index (χ2v) is 9.36. The summed E-state index contributed by atoms with van der Waals surface area (Å²) in [4.78, 5) is 44.8. The maximum atomic E-state index is 13.5. The number of nitrogens with one attached hydrogen (secondary N) is 2. The molecule has 4 heterocycles. The summed E-state index contributed by atoms with van der Waals surface area (Å²) in [5, 5.41) is 15.5. The van der Waals surface area contributed by atoms with Crippen LogP contribution in [0.5, 0.6) is 0 Å². The average Bonchev–Trinajstić information content (AvgIpc) is 3.61. The maximum absolute atomic E-state index is 13.5. The van der Waals surface area contributed by atoms with Gasteiger partial charge in [0, 0.05) is 16.8 Å². The molecule has 0 radical (unpaired) electrons. The molecule has 6 rings (SSSR count). The van der Waals surface area contributed by atoms with Crippen molar-refractivity contribution in [2.45, 2.75) is 37.9 Å². The van der Waals surface area contributed by atoms with Gasteiger partial charge in [-0.15, -0.1) is 0 Å². The fourth-order valence-corrected chi connectivity index (χ4v) is 5.73. The van der Waals surface area contributed by atoms with Gasteiger partial charge in [0.05, 0.1) is 11.7 Å². The van der Waals surface area contributed by atoms with Crippen LogP contribution in [0.15, 0.2) is 36.5 Å². The van der Waals surface area contributed by atoms with Crippen molar-refractivity contribution >= 4 is 56.9 Å². The summed E-state index contributed by atoms with van der Waals surface area (Å²) in [5.41, 5.74) is 6.79. The van der Waals surface area contributed by atoms with Crippen molar-refractivity contribution in [3.63, 3.8) is 0 Å². The number of pyridine rings is 1. The molecule has 3 atom stereocenters. The van der Waals surface area contributed by atoms with Crippen LogP contribution in [0, 0.1) is 5.92 Å². The number of carbonyl (C=O) groups excluding carboxylic acids is 3. The number of hydrogen-bond donors (Lipinski definition) is 3. The Morgan fingerprint density at radius 2 is 2.06 bits per heavy atom. The largest absolute Gasteiger partial charge is 0.364 e. The van der Waals surface area contributed by atoms with Gasteiger partial charge in [-0.3, -0.25) is 24.2 Å². The van der Waals surface area contributed by atoms with Crippen molar-refractivity contribution in [3.05, 3.63) is 47.4 Å². The van der Waals surface area contributed by atoms with E-state index in [0.29, 0.717) is 16.4 Å². The van der Waals surface area contributed by atoms with Crippen molar-refractivity contribution < 1.29 is 14.4 Å². The van der Waals surface area contributed by atoms with Gasteiger partial charge in [-0.25, -0.2) is 4.98 Å². The topological polar surface area (TPSA) is 152 Å². The summed E-state index contributed by atoms with van der Waals surface area (Å²) < 4.78 is 1.48. The van der Waals surface area contributed by atoms with Crippen LogP contribution in [-0.2, 0) is 16.1 Å². The van der Waals surface area contributed by atoms with Gasteiger partial charge >= 0.3 is 0 Å². The zero-order valence-corrected chi connectivity index (χ0v) is 19.2. The Kier molecular flexibility index (Phi) is 4.95. The molecule has 1 saturated heterocycles. The van der Waals surface area contributed by atoms with Gasteiger partial charge in [0.1, 0.15) is 23.3 Å². The van der Waals surface area contributed by atoms with Crippen molar-refractivity contribution in [3.8, 4) is 0 Å². The van der Waals surface area contributed by atoms with Crippen LogP contribution in [0.2, 0.25) is 5.15 Å². The zero-order chi connectivity index (χ0) is 24.3. The highest BCUT2D eigenvalue weighted by Crippen LogP contribution is 2.43. The summed E-state index contributed by atoms with van der Waals surface area (Å²) in [6.45, 7) is -0.110. The second-order valence-electron chi connectivity index (χ2n) is 8.98. The third-order valence-corrected chi connectivity index (χ3v) is 7.15. The van der Waals surface area contributed by atoms with E-state index in [2.05, 4.69) is 25.6 Å². The van der Waals surface area contributed by atoms with Gasteiger partial charge in [0.2, 0.25) is 11.8 Å². The summed E-state index contributed by atoms with van der Waals surface area (Å²) in [6, 6.07) is 8.09. The lowest BCUT2D eigenvalue weighted by Crippen LogP contribution is -2.52. The molecule has 11 nitrogen and oxygen atoms in total. The smallest absolute Gasteiger partial charge is 0.269 e. The Balaban J connectivity index is 1.29. The van der Waals surface area contributed by atoms with Gasteiger partial charge < -0.3 is 16.0 Å². The number of primary amides is 1. The van der Waals surface area contributed by atoms with Gasteiger partial charge in [-0.1, -0.05) is 29.8 Å². The van der Waals surface area contributed by atoms with Crippen LogP contribution >= 0.6 is 11.6 Å². The third kappa shape index (κ3) is 3.50. The highest BCUT2D eigenvalue weighted by Gasteiger charge is 2.51. The number of benzene rings is 1. The molecular weight excluding hydrogens is 472 g/mol. The molecule has 0 unspecified atom stereocenters. The molecule has 12 heteroatoms. The molecule has 1 aliphatic heterocycles. The molecule has 178 valence electrons. The second kappa shape index (κ2) is 8.05. The summed E-state index contributed by atoms with van der Waals surface area (Å²) >= 11 is 6.12. The minimum Gasteiger partial charge on any atom is -0.364 e. The summed E-state index contributed by atoms with van der Waals surface area (Å²) in [5.74, 6) is -0.902. The van der Waals surface area contributed by atoms with Gasteiger partial charge in [-0.2, -0.15) is 10.2 Å². The van der Waals surface area contributed by atoms with Crippen LogP contribution in [-0.4, -0.2) is 59.7 Å². The van der Waals surface area contributed by atoms with E-state index in [4.69, 9.17) is 17.3 Å². The molecule has 1 aliphatic carbocycles. The van der Waals surface area contributed by atoms with Crippen molar-refractivity contribution in [1.82, 2.24) is 29.9 Å². The first-order valence-electron chi connectivity index (χ1n) is 11.3. The molecule has 35 heavy (non-hydrogen) atoms. The number of anilines is 1. The molecule has 1 aromatic carbocycles. The molecule has 4 aromatic rings. The fraction of sp³-hybridized carbons (Fsp3) is 0.304. The molecule has 2 bridgehead atoms. The van der Waals surface area contributed by atoms with Gasteiger partial charge in [0.15, 0.2) is 11.5 Å². The van der Waals surface area contributed by atoms with Crippen LogP contribution in [0.25, 0.3) is 21.8 Å². The number of amides is 3. The number of nitrogens with two attached hydrogens (primary N) is 1. The van der Waals surface area contributed by atoms with E-state index in [-0.39, 0.29) is 47.0 Å². The van der Waals surface area contributed by atoms with E-state index in [9.17, 15) is 14.4 Å².